The van der Waals surface area contributed by atoms with Crippen LogP contribution in [0.1, 0.15) is 12.6 Å². The molecule has 2 aromatic rings. The maximum atomic E-state index is 11.8. The van der Waals surface area contributed by atoms with Gasteiger partial charge in [0.25, 0.3) is 0 Å². The molecule has 0 amide bonds. The summed E-state index contributed by atoms with van der Waals surface area (Å²) in [6.45, 7) is 1.57. The van der Waals surface area contributed by atoms with Crippen LogP contribution in [-0.2, 0) is 9.63 Å². The molecule has 114 valence electrons. The van der Waals surface area contributed by atoms with Crippen LogP contribution in [0, 0.1) is 0 Å². The Morgan fingerprint density at radius 3 is 2.64 bits per heavy atom. The molecule has 0 aliphatic carbocycles. The van der Waals surface area contributed by atoms with E-state index in [1.165, 1.54) is 0 Å². The Kier molecular flexibility index (Phi) is 5.48. The summed E-state index contributed by atoms with van der Waals surface area (Å²) >= 11 is 3.32. The van der Waals surface area contributed by atoms with Crippen molar-refractivity contribution in [3.63, 3.8) is 0 Å². The number of oxime groups is 1. The number of hydrogen-bond acceptors (Lipinski definition) is 4. The summed E-state index contributed by atoms with van der Waals surface area (Å²) in [7, 11) is 0. The lowest BCUT2D eigenvalue weighted by atomic mass is 10.3. The van der Waals surface area contributed by atoms with Crippen molar-refractivity contribution in [3.05, 3.63) is 58.8 Å². The molecule has 0 saturated heterocycles. The maximum Gasteiger partial charge on any atom is 0.374 e. The summed E-state index contributed by atoms with van der Waals surface area (Å²) in [6.07, 6.45) is 0.885. The van der Waals surface area contributed by atoms with Crippen molar-refractivity contribution < 1.29 is 19.4 Å². The lowest BCUT2D eigenvalue weighted by Gasteiger charge is -2.11. The molecule has 7 heteroatoms. The molecule has 6 nitrogen and oxygen atoms in total. The smallest absolute Gasteiger partial charge is 0.374 e. The maximum absolute atomic E-state index is 11.8. The molecule has 1 aromatic heterocycles. The quantitative estimate of drug-likeness (QED) is 0.379. The monoisotopic (exact) mass is 364 g/mol. The minimum Gasteiger partial charge on any atom is -0.479 e. The number of hydrogen-bond donors (Lipinski definition) is 1. The van der Waals surface area contributed by atoms with E-state index in [1.54, 1.807) is 43.5 Å². The fraction of sp³-hybridized carbons (Fsp3) is 0.133. The average molecular weight is 365 g/mol. The Morgan fingerprint density at radius 2 is 2.00 bits per heavy atom. The molecule has 1 atom stereocenters. The number of nitrogens with one attached hydrogen (secondary N) is 1. The summed E-state index contributed by atoms with van der Waals surface area (Å²) in [5.41, 5.74) is 6.26. The van der Waals surface area contributed by atoms with E-state index in [0.717, 1.165) is 4.47 Å². The number of amidine groups is 1. The van der Waals surface area contributed by atoms with Gasteiger partial charge in [0.05, 0.1) is 0 Å². The number of nitrogens with two attached hydrogens (primary N) is 1. The number of aromatic amines is 1. The van der Waals surface area contributed by atoms with Crippen LogP contribution in [0.25, 0.3) is 0 Å². The van der Waals surface area contributed by atoms with Gasteiger partial charge < -0.3 is 15.3 Å². The van der Waals surface area contributed by atoms with Crippen molar-refractivity contribution in [1.29, 1.82) is 0 Å². The molecule has 0 aliphatic heterocycles. The molecule has 0 spiro atoms. The average Bonchev–Trinajstić information content (AvgIpc) is 2.55. The summed E-state index contributed by atoms with van der Waals surface area (Å²) in [5, 5.41) is 3.60. The zero-order valence-electron chi connectivity index (χ0n) is 11.8. The third kappa shape index (κ3) is 4.56. The number of pyridine rings is 1. The van der Waals surface area contributed by atoms with Gasteiger partial charge in [-0.3, -0.25) is 0 Å². The topological polar surface area (TPSA) is 88.0 Å². The van der Waals surface area contributed by atoms with Crippen molar-refractivity contribution in [2.45, 2.75) is 13.0 Å². The number of benzene rings is 1. The van der Waals surface area contributed by atoms with Gasteiger partial charge in [0.2, 0.25) is 11.5 Å². The Balaban J connectivity index is 1.92. The van der Waals surface area contributed by atoms with Crippen LogP contribution in [0.2, 0.25) is 0 Å². The van der Waals surface area contributed by atoms with Crippen molar-refractivity contribution in [2.75, 3.05) is 0 Å². The highest BCUT2D eigenvalue weighted by Crippen LogP contribution is 2.17. The fourth-order valence-corrected chi connectivity index (χ4v) is 1.80. The minimum atomic E-state index is -0.808. The van der Waals surface area contributed by atoms with E-state index in [2.05, 4.69) is 26.1 Å². The molecule has 0 aliphatic rings. The number of aromatic nitrogens is 1. The second-order valence-electron chi connectivity index (χ2n) is 4.38. The molecule has 0 bridgehead atoms. The number of ether oxygens (including phenoxy) is 1. The van der Waals surface area contributed by atoms with Crippen molar-refractivity contribution in [1.82, 2.24) is 0 Å². The molecule has 1 aromatic carbocycles. The van der Waals surface area contributed by atoms with Gasteiger partial charge in [0.15, 0.2) is 12.3 Å². The SMILES string of the molecule is CC(Oc1ccc(Br)cc1)C(=O)ON=C(N)c1cccc[nH+]1. The van der Waals surface area contributed by atoms with Crippen molar-refractivity contribution in [2.24, 2.45) is 10.9 Å². The molecule has 0 saturated carbocycles. The predicted molar refractivity (Wildman–Crippen MR) is 84.0 cm³/mol. The molecular weight excluding hydrogens is 350 g/mol. The number of nitrogens with zero attached hydrogens (tertiary/aromatic N) is 1. The molecule has 3 N–H and O–H groups in total. The third-order valence-electron chi connectivity index (χ3n) is 2.68. The van der Waals surface area contributed by atoms with Crippen molar-refractivity contribution >= 4 is 27.7 Å². The number of rotatable bonds is 5. The molecular formula is C15H15BrN3O3+. The summed E-state index contributed by atoms with van der Waals surface area (Å²) in [4.78, 5) is 19.5. The van der Waals surface area contributed by atoms with Crippen LogP contribution in [0.4, 0.5) is 0 Å². The predicted octanol–water partition coefficient (Wildman–Crippen LogP) is 1.89. The first-order valence-electron chi connectivity index (χ1n) is 6.50. The van der Waals surface area contributed by atoms with Gasteiger partial charge in [0, 0.05) is 16.6 Å². The van der Waals surface area contributed by atoms with Crippen LogP contribution >= 0.6 is 15.9 Å². The minimum absolute atomic E-state index is 0.0739. The number of carbonyl (C=O) groups is 1. The number of carbonyl (C=O) groups excluding carboxylic acids is 1. The molecule has 0 fully saturated rings. The largest absolute Gasteiger partial charge is 0.479 e. The summed E-state index contributed by atoms with van der Waals surface area (Å²) in [5.74, 6) is -0.00687. The second kappa shape index (κ2) is 7.56. The van der Waals surface area contributed by atoms with Crippen LogP contribution in [-0.4, -0.2) is 17.9 Å². The van der Waals surface area contributed by atoms with Gasteiger partial charge in [-0.15, -0.1) is 0 Å². The molecule has 22 heavy (non-hydrogen) atoms. The Morgan fingerprint density at radius 1 is 1.27 bits per heavy atom. The molecule has 0 radical (unpaired) electrons. The first-order chi connectivity index (χ1) is 10.6. The van der Waals surface area contributed by atoms with Gasteiger partial charge in [-0.05, 0) is 37.3 Å². The first kappa shape index (κ1) is 16.0. The number of H-pyrrole nitrogens is 1. The lowest BCUT2D eigenvalue weighted by Crippen LogP contribution is -2.28. The summed E-state index contributed by atoms with van der Waals surface area (Å²) in [6, 6.07) is 12.4. The highest BCUT2D eigenvalue weighted by atomic mass is 79.9. The van der Waals surface area contributed by atoms with E-state index in [4.69, 9.17) is 15.3 Å². The normalized spacial score (nSPS) is 12.5. The molecule has 1 heterocycles. The zero-order chi connectivity index (χ0) is 15.9. The van der Waals surface area contributed by atoms with Gasteiger partial charge in [-0.1, -0.05) is 21.1 Å². The van der Waals surface area contributed by atoms with E-state index in [-0.39, 0.29) is 5.84 Å². The highest BCUT2D eigenvalue weighted by molar-refractivity contribution is 9.10. The van der Waals surface area contributed by atoms with Crippen LogP contribution in [0.5, 0.6) is 5.75 Å². The van der Waals surface area contributed by atoms with E-state index in [9.17, 15) is 4.79 Å². The van der Waals surface area contributed by atoms with Crippen LogP contribution in [0.3, 0.4) is 0 Å². The zero-order valence-corrected chi connectivity index (χ0v) is 13.4. The third-order valence-corrected chi connectivity index (χ3v) is 3.21. The lowest BCUT2D eigenvalue weighted by molar-refractivity contribution is -0.380. The molecule has 2 rings (SSSR count). The second-order valence-corrected chi connectivity index (χ2v) is 5.29. The standard InChI is InChI=1S/C15H14BrN3O3/c1-10(21-12-7-5-11(16)6-8-12)15(20)22-19-14(17)13-4-2-3-9-18-13/h2-10H,1H3,(H2,17,19)/p+1. The first-order valence-corrected chi connectivity index (χ1v) is 7.29. The van der Waals surface area contributed by atoms with Gasteiger partial charge in [0.1, 0.15) is 5.75 Å². The Hall–Kier alpha value is -2.41. The van der Waals surface area contributed by atoms with Crippen LogP contribution in [0.15, 0.2) is 58.3 Å². The highest BCUT2D eigenvalue weighted by Gasteiger charge is 2.17. The van der Waals surface area contributed by atoms with E-state index in [1.807, 2.05) is 12.1 Å². The Bertz CT molecular complexity index is 659. The van der Waals surface area contributed by atoms with Gasteiger partial charge >= 0.3 is 5.97 Å². The molecule has 1 unspecified atom stereocenters. The van der Waals surface area contributed by atoms with E-state index in [0.29, 0.717) is 11.4 Å². The van der Waals surface area contributed by atoms with E-state index < -0.39 is 12.1 Å². The van der Waals surface area contributed by atoms with Crippen LogP contribution < -0.4 is 15.5 Å². The Labute approximate surface area is 136 Å². The summed E-state index contributed by atoms with van der Waals surface area (Å²) < 4.78 is 6.38. The number of halogens is 1. The fourth-order valence-electron chi connectivity index (χ4n) is 1.54. The van der Waals surface area contributed by atoms with E-state index >= 15 is 0 Å². The van der Waals surface area contributed by atoms with Gasteiger partial charge in [-0.25, -0.2) is 9.78 Å². The van der Waals surface area contributed by atoms with Gasteiger partial charge in [-0.2, -0.15) is 0 Å². The van der Waals surface area contributed by atoms with Crippen molar-refractivity contribution in [3.8, 4) is 5.75 Å².